The Balaban J connectivity index is 1.95. The van der Waals surface area contributed by atoms with E-state index in [0.29, 0.717) is 12.6 Å². The van der Waals surface area contributed by atoms with Crippen LogP contribution in [-0.2, 0) is 24.2 Å². The Bertz CT molecular complexity index is 395. The summed E-state index contributed by atoms with van der Waals surface area (Å²) in [6.07, 6.45) is 3.20. The molecule has 3 heterocycles. The summed E-state index contributed by atoms with van der Waals surface area (Å²) in [5.74, 6) is 0. The minimum atomic E-state index is 0.498. The van der Waals surface area contributed by atoms with Crippen LogP contribution in [0.3, 0.4) is 0 Å². The van der Waals surface area contributed by atoms with Crippen molar-refractivity contribution in [1.29, 1.82) is 0 Å². The standard InChI is InChI=1S/C12H20N4O/c13-7-11-10-1-4-14-8-12(10)16(15-11)9-2-5-17-6-3-9/h9,14H,1-8,13H2. The zero-order valence-corrected chi connectivity index (χ0v) is 10.1. The van der Waals surface area contributed by atoms with E-state index in [1.807, 2.05) is 0 Å². The predicted molar refractivity (Wildman–Crippen MR) is 64.6 cm³/mol. The molecule has 94 valence electrons. The normalized spacial score (nSPS) is 21.5. The van der Waals surface area contributed by atoms with Gasteiger partial charge in [-0.25, -0.2) is 0 Å². The van der Waals surface area contributed by atoms with Gasteiger partial charge in [-0.1, -0.05) is 0 Å². The van der Waals surface area contributed by atoms with E-state index in [-0.39, 0.29) is 0 Å². The molecule has 0 amide bonds. The summed E-state index contributed by atoms with van der Waals surface area (Å²) in [6, 6.07) is 0.498. The van der Waals surface area contributed by atoms with Gasteiger partial charge in [0.1, 0.15) is 0 Å². The fourth-order valence-corrected chi connectivity index (χ4v) is 2.85. The maximum absolute atomic E-state index is 5.80. The molecule has 2 aliphatic heterocycles. The van der Waals surface area contributed by atoms with Crippen molar-refractivity contribution in [2.24, 2.45) is 5.73 Å². The number of nitrogens with one attached hydrogen (secondary N) is 1. The fourth-order valence-electron chi connectivity index (χ4n) is 2.85. The maximum Gasteiger partial charge on any atom is 0.0796 e. The zero-order chi connectivity index (χ0) is 11.7. The van der Waals surface area contributed by atoms with Gasteiger partial charge in [0.2, 0.25) is 0 Å². The van der Waals surface area contributed by atoms with Gasteiger partial charge in [0.25, 0.3) is 0 Å². The molecule has 0 radical (unpaired) electrons. The third-order valence-corrected chi connectivity index (χ3v) is 3.78. The van der Waals surface area contributed by atoms with Gasteiger partial charge in [-0.05, 0) is 25.8 Å². The van der Waals surface area contributed by atoms with E-state index in [9.17, 15) is 0 Å². The fraction of sp³-hybridized carbons (Fsp3) is 0.750. The molecule has 5 nitrogen and oxygen atoms in total. The first-order valence-corrected chi connectivity index (χ1v) is 6.48. The van der Waals surface area contributed by atoms with Gasteiger partial charge < -0.3 is 15.8 Å². The number of nitrogens with two attached hydrogens (primary N) is 1. The Labute approximate surface area is 101 Å². The first-order valence-electron chi connectivity index (χ1n) is 6.48. The molecule has 1 fully saturated rings. The first-order chi connectivity index (χ1) is 8.40. The molecule has 0 unspecified atom stereocenters. The summed E-state index contributed by atoms with van der Waals surface area (Å²) in [4.78, 5) is 0. The van der Waals surface area contributed by atoms with Crippen LogP contribution in [0.1, 0.15) is 35.8 Å². The summed E-state index contributed by atoms with van der Waals surface area (Å²) in [5, 5.41) is 8.16. The van der Waals surface area contributed by atoms with E-state index in [0.717, 1.165) is 51.3 Å². The van der Waals surface area contributed by atoms with Gasteiger partial charge in [-0.3, -0.25) is 4.68 Å². The molecule has 0 bridgehead atoms. The van der Waals surface area contributed by atoms with Gasteiger partial charge in [0.15, 0.2) is 0 Å². The third-order valence-electron chi connectivity index (χ3n) is 3.78. The van der Waals surface area contributed by atoms with Gasteiger partial charge in [-0.15, -0.1) is 0 Å². The predicted octanol–water partition coefficient (Wildman–Crippen LogP) is 0.339. The van der Waals surface area contributed by atoms with E-state index in [2.05, 4.69) is 10.00 Å². The number of fused-ring (bicyclic) bond motifs is 1. The second kappa shape index (κ2) is 4.76. The van der Waals surface area contributed by atoms with Crippen LogP contribution in [0.5, 0.6) is 0 Å². The lowest BCUT2D eigenvalue weighted by atomic mass is 10.0. The molecule has 2 aliphatic rings. The highest BCUT2D eigenvalue weighted by Gasteiger charge is 2.25. The number of hydrogen-bond donors (Lipinski definition) is 2. The lowest BCUT2D eigenvalue weighted by Crippen LogP contribution is -2.28. The van der Waals surface area contributed by atoms with Crippen LogP contribution in [0.15, 0.2) is 0 Å². The van der Waals surface area contributed by atoms with E-state index in [4.69, 9.17) is 15.6 Å². The van der Waals surface area contributed by atoms with Crippen LogP contribution in [0.4, 0.5) is 0 Å². The van der Waals surface area contributed by atoms with Crippen molar-refractivity contribution >= 4 is 0 Å². The highest BCUT2D eigenvalue weighted by molar-refractivity contribution is 5.29. The highest BCUT2D eigenvalue weighted by atomic mass is 16.5. The summed E-state index contributed by atoms with van der Waals surface area (Å²) >= 11 is 0. The molecular weight excluding hydrogens is 216 g/mol. The van der Waals surface area contributed by atoms with Crippen LogP contribution < -0.4 is 11.1 Å². The first kappa shape index (κ1) is 11.2. The molecule has 1 aromatic rings. The Kier molecular flexibility index (Phi) is 3.13. The van der Waals surface area contributed by atoms with Gasteiger partial charge in [0.05, 0.1) is 17.4 Å². The number of nitrogens with zero attached hydrogens (tertiary/aromatic N) is 2. The minimum absolute atomic E-state index is 0.498. The number of aromatic nitrogens is 2. The Morgan fingerprint density at radius 1 is 1.41 bits per heavy atom. The van der Waals surface area contributed by atoms with E-state index < -0.39 is 0 Å². The molecule has 17 heavy (non-hydrogen) atoms. The van der Waals surface area contributed by atoms with Crippen molar-refractivity contribution in [2.75, 3.05) is 19.8 Å². The minimum Gasteiger partial charge on any atom is -0.381 e. The Morgan fingerprint density at radius 3 is 3.00 bits per heavy atom. The van der Waals surface area contributed by atoms with E-state index >= 15 is 0 Å². The summed E-state index contributed by atoms with van der Waals surface area (Å²) in [7, 11) is 0. The second-order valence-electron chi connectivity index (χ2n) is 4.79. The van der Waals surface area contributed by atoms with Gasteiger partial charge in [-0.2, -0.15) is 5.10 Å². The molecule has 5 heteroatoms. The zero-order valence-electron chi connectivity index (χ0n) is 10.1. The number of rotatable bonds is 2. The van der Waals surface area contributed by atoms with Gasteiger partial charge in [0, 0.05) is 31.9 Å². The molecule has 0 saturated carbocycles. The van der Waals surface area contributed by atoms with Crippen LogP contribution in [0.2, 0.25) is 0 Å². The molecule has 3 N–H and O–H groups in total. The van der Waals surface area contributed by atoms with Crippen LogP contribution in [0.25, 0.3) is 0 Å². The van der Waals surface area contributed by atoms with Crippen molar-refractivity contribution in [2.45, 2.75) is 38.4 Å². The van der Waals surface area contributed by atoms with Crippen LogP contribution >= 0.6 is 0 Å². The molecule has 1 saturated heterocycles. The van der Waals surface area contributed by atoms with Gasteiger partial charge >= 0.3 is 0 Å². The molecule has 0 atom stereocenters. The van der Waals surface area contributed by atoms with Crippen molar-refractivity contribution < 1.29 is 4.74 Å². The van der Waals surface area contributed by atoms with E-state index in [1.54, 1.807) is 0 Å². The molecular formula is C12H20N4O. The average Bonchev–Trinajstić information content (AvgIpc) is 2.78. The maximum atomic E-state index is 5.80. The lowest BCUT2D eigenvalue weighted by molar-refractivity contribution is 0.0651. The number of hydrogen-bond acceptors (Lipinski definition) is 4. The smallest absolute Gasteiger partial charge is 0.0796 e. The lowest BCUT2D eigenvalue weighted by Gasteiger charge is -2.25. The van der Waals surface area contributed by atoms with Crippen LogP contribution in [-0.4, -0.2) is 29.5 Å². The monoisotopic (exact) mass is 236 g/mol. The molecule has 0 spiro atoms. The number of ether oxygens (including phenoxy) is 1. The largest absolute Gasteiger partial charge is 0.381 e. The van der Waals surface area contributed by atoms with Crippen LogP contribution in [0, 0.1) is 0 Å². The summed E-state index contributed by atoms with van der Waals surface area (Å²) in [6.45, 7) is 4.23. The SMILES string of the molecule is NCc1nn(C2CCOCC2)c2c1CCNC2. The van der Waals surface area contributed by atoms with Crippen molar-refractivity contribution in [3.63, 3.8) is 0 Å². The topological polar surface area (TPSA) is 65.1 Å². The van der Waals surface area contributed by atoms with Crippen molar-refractivity contribution in [3.05, 3.63) is 17.0 Å². The Hall–Kier alpha value is -0.910. The molecule has 1 aromatic heterocycles. The molecule has 0 aliphatic carbocycles. The average molecular weight is 236 g/mol. The molecule has 0 aromatic carbocycles. The summed E-state index contributed by atoms with van der Waals surface area (Å²) < 4.78 is 7.63. The quantitative estimate of drug-likeness (QED) is 0.777. The summed E-state index contributed by atoms with van der Waals surface area (Å²) in [5.41, 5.74) is 9.62. The van der Waals surface area contributed by atoms with Crippen molar-refractivity contribution in [3.8, 4) is 0 Å². The highest BCUT2D eigenvalue weighted by Crippen LogP contribution is 2.27. The van der Waals surface area contributed by atoms with E-state index in [1.165, 1.54) is 11.3 Å². The molecule has 3 rings (SSSR count). The van der Waals surface area contributed by atoms with Crippen molar-refractivity contribution in [1.82, 2.24) is 15.1 Å². The Morgan fingerprint density at radius 2 is 2.24 bits per heavy atom. The second-order valence-corrected chi connectivity index (χ2v) is 4.79. The third kappa shape index (κ3) is 1.99.